The zero-order chi connectivity index (χ0) is 47.8. The number of fused-ring (bicyclic) bond motifs is 2. The predicted octanol–water partition coefficient (Wildman–Crippen LogP) is -6.17. The van der Waals surface area contributed by atoms with Gasteiger partial charge in [-0.05, 0) is 40.5 Å². The monoisotopic (exact) mass is 1090 g/mol. The molecule has 1 aliphatic rings. The summed E-state index contributed by atoms with van der Waals surface area (Å²) in [4.78, 5) is -1.79. The molecule has 1 aliphatic carbocycles. The molecule has 4 aromatic carbocycles. The molecule has 0 spiro atoms. The molecule has 342 valence electrons. The van der Waals surface area contributed by atoms with E-state index in [4.69, 9.17) is 22.8 Å². The normalized spacial score (nSPS) is 13.5. The molecule has 0 bridgehead atoms. The summed E-state index contributed by atoms with van der Waals surface area (Å²) in [7, 11) is -44.5. The van der Waals surface area contributed by atoms with E-state index in [1.807, 2.05) is 0 Å². The molecule has 0 atom stereocenters. The Morgan fingerprint density at radius 3 is 1.32 bits per heavy atom. The summed E-state index contributed by atoms with van der Waals surface area (Å²) in [5.74, 6) is 0. The maximum absolute atomic E-state index is 11.5. The number of aromatic nitrogens is 4. The van der Waals surface area contributed by atoms with Crippen LogP contribution in [-0.4, -0.2) is 124 Å². The average molecular weight is 1090 g/mol. The van der Waals surface area contributed by atoms with E-state index in [0.717, 1.165) is 6.42 Å². The number of allylic oxidation sites excluding steroid dienone is 1. The molecular formula is C27H20N4Na2O24S8. The van der Waals surface area contributed by atoms with Crippen LogP contribution in [0.3, 0.4) is 0 Å². The summed E-state index contributed by atoms with van der Waals surface area (Å²) in [6, 6.07) is 13.4. The van der Waals surface area contributed by atoms with Gasteiger partial charge in [0.1, 0.15) is 50.5 Å². The van der Waals surface area contributed by atoms with Gasteiger partial charge in [0, 0.05) is 0 Å². The number of nitrogens with zero attached hydrogens (tertiary/aromatic N) is 2. The zero-order valence-electron chi connectivity index (χ0n) is 31.7. The Morgan fingerprint density at radius 2 is 0.908 bits per heavy atom. The quantitative estimate of drug-likeness (QED) is 0.0519. The average Bonchev–Trinajstić information content (AvgIpc) is 3.74. The van der Waals surface area contributed by atoms with E-state index < -0.39 is 143 Å². The molecule has 2 aromatic heterocycles. The summed E-state index contributed by atoms with van der Waals surface area (Å²) in [6.07, 6.45) is 5.53. The number of nitrogens with one attached hydrogen (secondary N) is 2. The van der Waals surface area contributed by atoms with Crippen LogP contribution in [-0.2, 0) is 87.4 Å². The number of H-pyrrole nitrogens is 2. The minimum atomic E-state index is -5.90. The number of rotatable bonds is 8. The van der Waals surface area contributed by atoms with E-state index >= 15 is 0 Å². The van der Waals surface area contributed by atoms with Crippen molar-refractivity contribution in [3.63, 3.8) is 0 Å². The number of benzene rings is 4. The molecule has 0 unspecified atom stereocenters. The van der Waals surface area contributed by atoms with Gasteiger partial charge in [-0.25, -0.2) is 26.8 Å². The van der Waals surface area contributed by atoms with Gasteiger partial charge in [-0.2, -0.15) is 50.5 Å². The molecular weight excluding hydrogens is 1070 g/mol. The maximum Gasteiger partial charge on any atom is 1.00 e. The Hall–Kier alpha value is -2.90. The third kappa shape index (κ3) is 12.4. The van der Waals surface area contributed by atoms with Crippen molar-refractivity contribution in [3.8, 4) is 0 Å². The molecule has 28 nitrogen and oxygen atoms in total. The molecule has 65 heavy (non-hydrogen) atoms. The van der Waals surface area contributed by atoms with E-state index in [1.165, 1.54) is 21.9 Å². The second-order valence-corrected chi connectivity index (χ2v) is 23.0. The van der Waals surface area contributed by atoms with E-state index in [2.05, 4.69) is 58.5 Å². The number of aromatic amines is 2. The third-order valence-corrected chi connectivity index (χ3v) is 15.3. The van der Waals surface area contributed by atoms with Crippen LogP contribution in [0, 0.1) is 0 Å². The third-order valence-electron chi connectivity index (χ3n) is 7.98. The minimum Gasteiger partial charge on any atom is -0.744 e. The summed E-state index contributed by atoms with van der Waals surface area (Å²) >= 11 is 0. The number of hydrogen-bond donors (Lipinski definition) is 8. The molecule has 6 aromatic rings. The van der Waals surface area contributed by atoms with E-state index in [-0.39, 0.29) is 71.2 Å². The van der Waals surface area contributed by atoms with Gasteiger partial charge in [0.15, 0.2) is 10.1 Å². The van der Waals surface area contributed by atoms with Gasteiger partial charge in [-0.3, -0.25) is 27.3 Å². The van der Waals surface area contributed by atoms with Crippen molar-refractivity contribution >= 4 is 120 Å². The summed E-state index contributed by atoms with van der Waals surface area (Å²) < 4.78 is 257. The van der Waals surface area contributed by atoms with Gasteiger partial charge in [0.05, 0.1) is 11.0 Å². The van der Waals surface area contributed by atoms with Gasteiger partial charge >= 0.3 is 69.2 Å². The fourth-order valence-corrected chi connectivity index (χ4v) is 13.3. The molecule has 0 fully saturated rings. The topological polar surface area (TPSA) is 498 Å². The first-order valence-electron chi connectivity index (χ1n) is 15.4. The van der Waals surface area contributed by atoms with Crippen molar-refractivity contribution in [1.29, 1.82) is 0 Å². The van der Waals surface area contributed by atoms with E-state index in [1.54, 1.807) is 9.97 Å². The molecule has 0 amide bonds. The van der Waals surface area contributed by atoms with Crippen LogP contribution in [0.15, 0.2) is 94.3 Å². The second kappa shape index (κ2) is 18.9. The van der Waals surface area contributed by atoms with Crippen LogP contribution in [0.5, 0.6) is 0 Å². The fraction of sp³-hybridized carbons (Fsp3) is 0.0370. The molecule has 0 radical (unpaired) electrons. The Balaban J connectivity index is 0.000000266. The maximum atomic E-state index is 11.5. The largest absolute Gasteiger partial charge is 1.00 e. The number of imidazole rings is 2. The summed E-state index contributed by atoms with van der Waals surface area (Å²) in [5, 5.41) is -0.00537. The zero-order valence-corrected chi connectivity index (χ0v) is 42.2. The van der Waals surface area contributed by atoms with Crippen LogP contribution >= 0.6 is 0 Å². The molecule has 2 heterocycles. The summed E-state index contributed by atoms with van der Waals surface area (Å²) in [6.45, 7) is 0. The predicted molar refractivity (Wildman–Crippen MR) is 204 cm³/mol. The van der Waals surface area contributed by atoms with Crippen molar-refractivity contribution in [2.45, 2.75) is 46.1 Å². The fourth-order valence-electron chi connectivity index (χ4n) is 5.77. The molecule has 7 rings (SSSR count). The minimum absolute atomic E-state index is 0. The molecule has 0 saturated heterocycles. The van der Waals surface area contributed by atoms with E-state index in [9.17, 15) is 81.0 Å². The van der Waals surface area contributed by atoms with Gasteiger partial charge in [0.2, 0.25) is 5.16 Å². The molecule has 8 N–H and O–H groups in total. The second-order valence-electron chi connectivity index (χ2n) is 12.2. The van der Waals surface area contributed by atoms with E-state index in [0.29, 0.717) is 0 Å². The van der Waals surface area contributed by atoms with Crippen LogP contribution < -0.4 is 59.1 Å². The van der Waals surface area contributed by atoms with Crippen molar-refractivity contribution in [1.82, 2.24) is 19.9 Å². The first-order valence-corrected chi connectivity index (χ1v) is 26.9. The van der Waals surface area contributed by atoms with Crippen molar-refractivity contribution in [3.05, 3.63) is 65.7 Å². The first kappa shape index (κ1) is 56.4. The molecule has 0 saturated carbocycles. The summed E-state index contributed by atoms with van der Waals surface area (Å²) in [5.41, 5.74) is -1.29. The Morgan fingerprint density at radius 1 is 0.492 bits per heavy atom. The van der Waals surface area contributed by atoms with Crippen LogP contribution in [0.25, 0.3) is 38.9 Å². The molecule has 0 aliphatic heterocycles. The first-order chi connectivity index (χ1) is 28.3. The smallest absolute Gasteiger partial charge is 0.744 e. The molecule has 38 heteroatoms. The Bertz CT molecular complexity index is 3710. The standard InChI is InChI=1S/C13H10.2C7H6N2O12S4.2Na/c1-4-10-6-2-8-12-9-3-7-11(5-1)13(10)12;2*10-22(11,12)3-1-2-4(9-7(8-2)25(19,20)21)6(24(16,17)18)5(3)23(13,14)15;;/h1-8H,9H2;2*1H,(H,8,9)(H,10,11,12)(H,13,14,15)(H,16,17,18)(H,19,20,21);;/q;;;2*+1/p-2. The van der Waals surface area contributed by atoms with Crippen LogP contribution in [0.1, 0.15) is 11.1 Å². The van der Waals surface area contributed by atoms with Crippen LogP contribution in [0.4, 0.5) is 0 Å². The van der Waals surface area contributed by atoms with Gasteiger partial charge in [-0.1, -0.05) is 48.6 Å². The number of hydrogen-bond acceptors (Lipinski definition) is 20. The van der Waals surface area contributed by atoms with Gasteiger partial charge < -0.3 is 19.1 Å². The van der Waals surface area contributed by atoms with Crippen molar-refractivity contribution in [2.24, 2.45) is 0 Å². The SMILES string of the molecule is C1=Cc2cccc3cccc(c23)C1.O=S(=O)(O)c1nc2c(S(=O)(=O)O)c(S(=O)(=O)O)c(S(=O)(=O)O)cc2[nH]1.O=S(=O)([O-])c1nc2c(S(=O)(=O)[O-])c(S(=O)(=O)O)c(S(=O)(=O)O)cc2[nH]1.[Na+].[Na+]. The van der Waals surface area contributed by atoms with Gasteiger partial charge in [0.25, 0.3) is 55.7 Å². The Kier molecular flexibility index (Phi) is 16.4. The Labute approximate surface area is 410 Å². The van der Waals surface area contributed by atoms with Crippen molar-refractivity contribution in [2.75, 3.05) is 0 Å². The van der Waals surface area contributed by atoms with Crippen LogP contribution in [0.2, 0.25) is 0 Å². The van der Waals surface area contributed by atoms with Gasteiger partial charge in [-0.15, -0.1) is 0 Å². The van der Waals surface area contributed by atoms with Crippen molar-refractivity contribution < 1.29 is 163 Å².